The van der Waals surface area contributed by atoms with Crippen molar-refractivity contribution in [3.05, 3.63) is 36.4 Å². The third kappa shape index (κ3) is 2.95. The molecule has 0 amide bonds. The van der Waals surface area contributed by atoms with Crippen LogP contribution in [0.25, 0.3) is 0 Å². The maximum absolute atomic E-state index is 5.89. The second kappa shape index (κ2) is 4.72. The number of hydrogen-bond acceptors (Lipinski definition) is 3. The van der Waals surface area contributed by atoms with Gasteiger partial charge in [0.15, 0.2) is 0 Å². The molecular weight excluding hydrogens is 162 g/mol. The van der Waals surface area contributed by atoms with Crippen LogP contribution in [-0.4, -0.2) is 9.97 Å². The van der Waals surface area contributed by atoms with E-state index in [1.165, 1.54) is 0 Å². The minimum Gasteiger partial charge on any atom is -0.321 e. The molecule has 70 valence electrons. The van der Waals surface area contributed by atoms with Crippen LogP contribution in [0.15, 0.2) is 30.6 Å². The minimum absolute atomic E-state index is 0.117. The second-order valence-electron chi connectivity index (χ2n) is 3.02. The number of hydrogen-bond donors (Lipinski definition) is 1. The average molecular weight is 177 g/mol. The van der Waals surface area contributed by atoms with E-state index in [0.29, 0.717) is 5.82 Å². The van der Waals surface area contributed by atoms with E-state index in [4.69, 9.17) is 5.73 Å². The van der Waals surface area contributed by atoms with Crippen LogP contribution in [0.2, 0.25) is 0 Å². The van der Waals surface area contributed by atoms with Gasteiger partial charge in [0.25, 0.3) is 0 Å². The summed E-state index contributed by atoms with van der Waals surface area (Å²) in [6, 6.07) is 1.67. The largest absolute Gasteiger partial charge is 0.321 e. The van der Waals surface area contributed by atoms with E-state index in [-0.39, 0.29) is 6.04 Å². The molecule has 0 fully saturated rings. The fraction of sp³-hybridized carbons (Fsp3) is 0.400. The molecule has 13 heavy (non-hydrogen) atoms. The van der Waals surface area contributed by atoms with Crippen LogP contribution < -0.4 is 5.73 Å². The smallest absolute Gasteiger partial charge is 0.145 e. The number of aromatic nitrogens is 2. The first-order valence-electron chi connectivity index (χ1n) is 4.43. The predicted molar refractivity (Wildman–Crippen MR) is 53.0 cm³/mol. The van der Waals surface area contributed by atoms with Gasteiger partial charge in [-0.2, -0.15) is 0 Å². The Morgan fingerprint density at radius 1 is 1.54 bits per heavy atom. The first kappa shape index (κ1) is 9.86. The van der Waals surface area contributed by atoms with Gasteiger partial charge in [-0.3, -0.25) is 0 Å². The molecule has 1 rings (SSSR count). The molecule has 1 heterocycles. The zero-order valence-electron chi connectivity index (χ0n) is 7.90. The molecule has 0 bridgehead atoms. The van der Waals surface area contributed by atoms with Gasteiger partial charge in [-0.15, -0.1) is 0 Å². The molecule has 2 N–H and O–H groups in total. The third-order valence-corrected chi connectivity index (χ3v) is 1.93. The van der Waals surface area contributed by atoms with Crippen LogP contribution in [-0.2, 0) is 0 Å². The molecule has 1 unspecified atom stereocenters. The zero-order chi connectivity index (χ0) is 9.68. The standard InChI is InChI=1S/C10H15N3/c1-3-8(2)7-9(11)10-12-5-4-6-13-10/h4-6,9H,2-3,7,11H2,1H3. The van der Waals surface area contributed by atoms with Crippen molar-refractivity contribution in [3.63, 3.8) is 0 Å². The Bertz CT molecular complexity index is 269. The highest BCUT2D eigenvalue weighted by atomic mass is 14.9. The fourth-order valence-electron chi connectivity index (χ4n) is 1.05. The van der Waals surface area contributed by atoms with Crippen molar-refractivity contribution in [1.82, 2.24) is 9.97 Å². The summed E-state index contributed by atoms with van der Waals surface area (Å²) >= 11 is 0. The Kier molecular flexibility index (Phi) is 3.58. The Labute approximate surface area is 78.7 Å². The highest BCUT2D eigenvalue weighted by Crippen LogP contribution is 2.15. The monoisotopic (exact) mass is 177 g/mol. The summed E-state index contributed by atoms with van der Waals surface area (Å²) in [4.78, 5) is 8.18. The minimum atomic E-state index is -0.117. The van der Waals surface area contributed by atoms with Crippen molar-refractivity contribution in [2.45, 2.75) is 25.8 Å². The average Bonchev–Trinajstić information content (AvgIpc) is 2.19. The molecule has 1 aromatic rings. The molecule has 0 saturated carbocycles. The predicted octanol–water partition coefficient (Wildman–Crippen LogP) is 1.83. The number of rotatable bonds is 4. The van der Waals surface area contributed by atoms with Crippen molar-refractivity contribution in [3.8, 4) is 0 Å². The summed E-state index contributed by atoms with van der Waals surface area (Å²) in [5.41, 5.74) is 7.02. The zero-order valence-corrected chi connectivity index (χ0v) is 7.90. The molecule has 0 aliphatic heterocycles. The Morgan fingerprint density at radius 2 is 2.15 bits per heavy atom. The summed E-state index contributed by atoms with van der Waals surface area (Å²) in [6.07, 6.45) is 5.13. The quantitative estimate of drug-likeness (QED) is 0.714. The molecule has 0 aliphatic rings. The van der Waals surface area contributed by atoms with Crippen LogP contribution >= 0.6 is 0 Å². The molecule has 0 saturated heterocycles. The lowest BCUT2D eigenvalue weighted by molar-refractivity contribution is 0.653. The molecule has 0 aromatic carbocycles. The van der Waals surface area contributed by atoms with Crippen LogP contribution in [0.1, 0.15) is 31.6 Å². The molecule has 1 aromatic heterocycles. The Hall–Kier alpha value is -1.22. The molecule has 0 spiro atoms. The van der Waals surface area contributed by atoms with Crippen LogP contribution in [0, 0.1) is 0 Å². The van der Waals surface area contributed by atoms with Crippen molar-refractivity contribution in [1.29, 1.82) is 0 Å². The van der Waals surface area contributed by atoms with Crippen molar-refractivity contribution >= 4 is 0 Å². The van der Waals surface area contributed by atoms with Gasteiger partial charge in [0.2, 0.25) is 0 Å². The second-order valence-corrected chi connectivity index (χ2v) is 3.02. The maximum atomic E-state index is 5.89. The fourth-order valence-corrected chi connectivity index (χ4v) is 1.05. The van der Waals surface area contributed by atoms with E-state index in [1.807, 2.05) is 0 Å². The van der Waals surface area contributed by atoms with Gasteiger partial charge in [0, 0.05) is 12.4 Å². The van der Waals surface area contributed by atoms with Gasteiger partial charge >= 0.3 is 0 Å². The van der Waals surface area contributed by atoms with E-state index in [0.717, 1.165) is 18.4 Å². The number of nitrogens with zero attached hydrogens (tertiary/aromatic N) is 2. The molecule has 1 atom stereocenters. The van der Waals surface area contributed by atoms with E-state index in [1.54, 1.807) is 18.5 Å². The third-order valence-electron chi connectivity index (χ3n) is 1.93. The highest BCUT2D eigenvalue weighted by Gasteiger charge is 2.08. The number of nitrogens with two attached hydrogens (primary N) is 1. The Morgan fingerprint density at radius 3 is 2.69 bits per heavy atom. The van der Waals surface area contributed by atoms with E-state index in [9.17, 15) is 0 Å². The van der Waals surface area contributed by atoms with E-state index < -0.39 is 0 Å². The molecular formula is C10H15N3. The maximum Gasteiger partial charge on any atom is 0.145 e. The summed E-state index contributed by atoms with van der Waals surface area (Å²) in [5.74, 6) is 0.692. The molecule has 3 nitrogen and oxygen atoms in total. The first-order chi connectivity index (χ1) is 6.24. The lowest BCUT2D eigenvalue weighted by atomic mass is 10.1. The van der Waals surface area contributed by atoms with Crippen molar-refractivity contribution in [2.24, 2.45) is 5.73 Å². The summed E-state index contributed by atoms with van der Waals surface area (Å²) in [6.45, 7) is 5.97. The SMILES string of the molecule is C=C(CC)CC(N)c1ncccn1. The van der Waals surface area contributed by atoms with Crippen LogP contribution in [0.3, 0.4) is 0 Å². The lowest BCUT2D eigenvalue weighted by Gasteiger charge is -2.10. The molecule has 3 heteroatoms. The topological polar surface area (TPSA) is 51.8 Å². The first-order valence-corrected chi connectivity index (χ1v) is 4.43. The Balaban J connectivity index is 2.59. The highest BCUT2D eigenvalue weighted by molar-refractivity contribution is 5.03. The van der Waals surface area contributed by atoms with Crippen LogP contribution in [0.4, 0.5) is 0 Å². The summed E-state index contributed by atoms with van der Waals surface area (Å²) in [5, 5.41) is 0. The van der Waals surface area contributed by atoms with Crippen molar-refractivity contribution in [2.75, 3.05) is 0 Å². The van der Waals surface area contributed by atoms with E-state index in [2.05, 4.69) is 23.5 Å². The van der Waals surface area contributed by atoms with Gasteiger partial charge < -0.3 is 5.73 Å². The molecule has 0 radical (unpaired) electrons. The summed E-state index contributed by atoms with van der Waals surface area (Å²) in [7, 11) is 0. The van der Waals surface area contributed by atoms with Gasteiger partial charge in [-0.05, 0) is 18.9 Å². The summed E-state index contributed by atoms with van der Waals surface area (Å²) < 4.78 is 0. The van der Waals surface area contributed by atoms with Gasteiger partial charge in [0.1, 0.15) is 5.82 Å². The lowest BCUT2D eigenvalue weighted by Crippen LogP contribution is -2.14. The van der Waals surface area contributed by atoms with Crippen LogP contribution in [0.5, 0.6) is 0 Å². The van der Waals surface area contributed by atoms with Gasteiger partial charge in [-0.1, -0.05) is 19.1 Å². The van der Waals surface area contributed by atoms with Crippen molar-refractivity contribution < 1.29 is 0 Å². The normalized spacial score (nSPS) is 12.5. The molecule has 0 aliphatic carbocycles. The van der Waals surface area contributed by atoms with Gasteiger partial charge in [-0.25, -0.2) is 9.97 Å². The van der Waals surface area contributed by atoms with E-state index >= 15 is 0 Å². The van der Waals surface area contributed by atoms with Gasteiger partial charge in [0.05, 0.1) is 6.04 Å².